The highest BCUT2D eigenvalue weighted by Crippen LogP contribution is 2.36. The molecule has 0 radical (unpaired) electrons. The number of H-pyrrole nitrogens is 1. The zero-order valence-corrected chi connectivity index (χ0v) is 10.9. The molecule has 0 bridgehead atoms. The maximum absolute atomic E-state index is 5.87. The van der Waals surface area contributed by atoms with E-state index in [1.54, 1.807) is 6.20 Å². The number of aromatic amines is 1. The molecule has 2 N–H and O–H groups in total. The lowest BCUT2D eigenvalue weighted by Crippen LogP contribution is -2.10. The van der Waals surface area contributed by atoms with Gasteiger partial charge in [-0.3, -0.25) is 9.82 Å². The van der Waals surface area contributed by atoms with Gasteiger partial charge >= 0.3 is 0 Å². The van der Waals surface area contributed by atoms with Crippen molar-refractivity contribution in [3.8, 4) is 0 Å². The van der Waals surface area contributed by atoms with Crippen LogP contribution in [0.3, 0.4) is 0 Å². The molecule has 3 rings (SSSR count). The first-order valence-corrected chi connectivity index (χ1v) is 6.02. The van der Waals surface area contributed by atoms with Crippen LogP contribution in [0.5, 0.6) is 0 Å². The second kappa shape index (κ2) is 4.07. The van der Waals surface area contributed by atoms with E-state index in [0.29, 0.717) is 0 Å². The predicted octanol–water partition coefficient (Wildman–Crippen LogP) is 3.35. The quantitative estimate of drug-likeness (QED) is 0.695. The molecule has 92 valence electrons. The van der Waals surface area contributed by atoms with Crippen molar-refractivity contribution in [1.82, 2.24) is 9.97 Å². The molecule has 3 aromatic rings. The van der Waals surface area contributed by atoms with E-state index in [4.69, 9.17) is 11.8 Å². The summed E-state index contributed by atoms with van der Waals surface area (Å²) >= 11 is 5.87. The number of aromatic nitrogens is 2. The summed E-state index contributed by atoms with van der Waals surface area (Å²) in [5, 5.41) is 2.29. The van der Waals surface area contributed by atoms with Gasteiger partial charge in [0.1, 0.15) is 0 Å². The third kappa shape index (κ3) is 1.49. The van der Waals surface area contributed by atoms with Crippen molar-refractivity contribution in [2.75, 3.05) is 23.8 Å². The summed E-state index contributed by atoms with van der Waals surface area (Å²) < 4.78 is 0. The molecule has 18 heavy (non-hydrogen) atoms. The normalized spacial score (nSPS) is 11.1. The van der Waals surface area contributed by atoms with Crippen LogP contribution < -0.4 is 9.74 Å². The highest BCUT2D eigenvalue weighted by molar-refractivity contribution is 6.28. The van der Waals surface area contributed by atoms with Gasteiger partial charge in [-0.05, 0) is 18.2 Å². The molecular weight excluding hydrogens is 248 g/mol. The Balaban J connectivity index is 2.44. The average Bonchev–Trinajstić information content (AvgIpc) is 2.75. The van der Waals surface area contributed by atoms with Crippen molar-refractivity contribution in [3.05, 3.63) is 30.6 Å². The summed E-state index contributed by atoms with van der Waals surface area (Å²) in [6.07, 6.45) is 3.62. The summed E-state index contributed by atoms with van der Waals surface area (Å²) in [5.41, 5.74) is 3.93. The summed E-state index contributed by atoms with van der Waals surface area (Å²) in [5.74, 6) is 0. The fraction of sp³-hybridized carbons (Fsp3) is 0.154. The van der Waals surface area contributed by atoms with Crippen LogP contribution in [-0.2, 0) is 0 Å². The van der Waals surface area contributed by atoms with Gasteiger partial charge in [0.25, 0.3) is 0 Å². The first-order valence-electron chi connectivity index (χ1n) is 5.64. The fourth-order valence-corrected chi connectivity index (χ4v) is 2.47. The van der Waals surface area contributed by atoms with Gasteiger partial charge in [0, 0.05) is 42.8 Å². The Hall–Kier alpha value is -1.94. The smallest absolute Gasteiger partial charge is 0.0967 e. The number of nitrogens with one attached hydrogen (secondary N) is 2. The van der Waals surface area contributed by atoms with Gasteiger partial charge in [0.2, 0.25) is 0 Å². The molecule has 0 fully saturated rings. The molecule has 4 nitrogen and oxygen atoms in total. The number of hydrogen-bond acceptors (Lipinski definition) is 3. The zero-order valence-electron chi connectivity index (χ0n) is 10.2. The van der Waals surface area contributed by atoms with Crippen molar-refractivity contribution in [2.24, 2.45) is 0 Å². The van der Waals surface area contributed by atoms with E-state index < -0.39 is 0 Å². The molecule has 0 spiro atoms. The lowest BCUT2D eigenvalue weighted by Gasteiger charge is -2.16. The minimum Gasteiger partial charge on any atom is -0.376 e. The van der Waals surface area contributed by atoms with Crippen molar-refractivity contribution in [1.29, 1.82) is 0 Å². The fourth-order valence-electron chi connectivity index (χ4n) is 2.28. The lowest BCUT2D eigenvalue weighted by atomic mass is 10.1. The summed E-state index contributed by atoms with van der Waals surface area (Å²) in [7, 11) is 3.98. The van der Waals surface area contributed by atoms with Crippen LogP contribution in [-0.4, -0.2) is 24.1 Å². The zero-order chi connectivity index (χ0) is 12.7. The number of fused-ring (bicyclic) bond motifs is 3. The summed E-state index contributed by atoms with van der Waals surface area (Å²) in [6, 6.07) is 6.16. The Kier molecular flexibility index (Phi) is 2.52. The van der Waals surface area contributed by atoms with Crippen LogP contribution in [0.25, 0.3) is 21.8 Å². The topological polar surface area (TPSA) is 44.0 Å². The van der Waals surface area contributed by atoms with Gasteiger partial charge in [-0.15, -0.1) is 0 Å². The molecule has 5 heteroatoms. The molecular formula is C13H13ClN4. The maximum atomic E-state index is 5.87. The van der Waals surface area contributed by atoms with Crippen LogP contribution in [0.4, 0.5) is 11.4 Å². The molecule has 0 atom stereocenters. The van der Waals surface area contributed by atoms with Crippen LogP contribution in [0.2, 0.25) is 0 Å². The molecule has 0 aliphatic carbocycles. The van der Waals surface area contributed by atoms with E-state index >= 15 is 0 Å². The number of pyridine rings is 1. The molecule has 0 saturated heterocycles. The molecule has 0 aliphatic rings. The number of nitrogens with zero attached hydrogens (tertiary/aromatic N) is 2. The van der Waals surface area contributed by atoms with E-state index in [0.717, 1.165) is 33.2 Å². The highest BCUT2D eigenvalue weighted by atomic mass is 35.5. The molecule has 0 saturated carbocycles. The van der Waals surface area contributed by atoms with Crippen LogP contribution in [0, 0.1) is 0 Å². The lowest BCUT2D eigenvalue weighted by molar-refractivity contribution is 1.14. The first-order chi connectivity index (χ1) is 8.72. The van der Waals surface area contributed by atoms with E-state index in [2.05, 4.69) is 26.9 Å². The van der Waals surface area contributed by atoms with Gasteiger partial charge in [-0.1, -0.05) is 0 Å². The Labute approximate surface area is 110 Å². The van der Waals surface area contributed by atoms with E-state index in [9.17, 15) is 0 Å². The highest BCUT2D eigenvalue weighted by Gasteiger charge is 2.12. The molecule has 0 amide bonds. The molecule has 2 heterocycles. The predicted molar refractivity (Wildman–Crippen MR) is 77.4 cm³/mol. The second-order valence-corrected chi connectivity index (χ2v) is 4.61. The number of halogens is 1. The number of rotatable bonds is 2. The van der Waals surface area contributed by atoms with Crippen molar-refractivity contribution >= 4 is 45.0 Å². The Bertz CT molecular complexity index is 717. The average molecular weight is 261 g/mol. The molecule has 2 aromatic heterocycles. The molecule has 1 aromatic carbocycles. The van der Waals surface area contributed by atoms with Crippen LogP contribution in [0.15, 0.2) is 30.6 Å². The van der Waals surface area contributed by atoms with Gasteiger partial charge in [0.15, 0.2) is 0 Å². The molecule has 0 unspecified atom stereocenters. The number of hydrogen-bond donors (Lipinski definition) is 2. The van der Waals surface area contributed by atoms with Gasteiger partial charge in [-0.2, -0.15) is 0 Å². The van der Waals surface area contributed by atoms with Crippen molar-refractivity contribution in [3.63, 3.8) is 0 Å². The number of benzene rings is 1. The SMILES string of the molecule is CN(C)c1ccc2c([nH]c3cnccc32)c1NCl. The molecule has 0 aliphatic heterocycles. The van der Waals surface area contributed by atoms with Crippen LogP contribution in [0.1, 0.15) is 0 Å². The van der Waals surface area contributed by atoms with Crippen LogP contribution >= 0.6 is 11.8 Å². The van der Waals surface area contributed by atoms with Gasteiger partial charge < -0.3 is 9.88 Å². The first kappa shape index (κ1) is 11.2. The Morgan fingerprint density at radius 2 is 2.06 bits per heavy atom. The van der Waals surface area contributed by atoms with E-state index in [1.807, 2.05) is 31.3 Å². The van der Waals surface area contributed by atoms with Crippen molar-refractivity contribution < 1.29 is 0 Å². The third-order valence-corrected chi connectivity index (χ3v) is 3.32. The van der Waals surface area contributed by atoms with E-state index in [-0.39, 0.29) is 0 Å². The third-order valence-electron chi connectivity index (χ3n) is 3.13. The Morgan fingerprint density at radius 1 is 1.22 bits per heavy atom. The minimum atomic E-state index is 0.885. The largest absolute Gasteiger partial charge is 0.376 e. The van der Waals surface area contributed by atoms with Gasteiger partial charge in [0.05, 0.1) is 28.6 Å². The maximum Gasteiger partial charge on any atom is 0.0967 e. The van der Waals surface area contributed by atoms with Crippen molar-refractivity contribution in [2.45, 2.75) is 0 Å². The van der Waals surface area contributed by atoms with Gasteiger partial charge in [-0.25, -0.2) is 0 Å². The Morgan fingerprint density at radius 3 is 2.78 bits per heavy atom. The standard InChI is InChI=1S/C13H13ClN4/c1-18(2)11-4-3-9-8-5-6-15-7-10(8)16-12(9)13(11)17-14/h3-7,16-17H,1-2H3. The monoisotopic (exact) mass is 260 g/mol. The van der Waals surface area contributed by atoms with E-state index in [1.165, 1.54) is 0 Å². The second-order valence-electron chi connectivity index (χ2n) is 4.42. The number of anilines is 2. The summed E-state index contributed by atoms with van der Waals surface area (Å²) in [6.45, 7) is 0. The summed E-state index contributed by atoms with van der Waals surface area (Å²) in [4.78, 5) is 12.3. The minimum absolute atomic E-state index is 0.885.